The Balaban J connectivity index is 1.78. The van der Waals surface area contributed by atoms with E-state index in [1.54, 1.807) is 23.1 Å². The average molecular weight is 434 g/mol. The fraction of sp³-hybridized carbons (Fsp3) is 0.407. The fourth-order valence-electron chi connectivity index (χ4n) is 4.70. The lowest BCUT2D eigenvalue weighted by Crippen LogP contribution is -2.40. The van der Waals surface area contributed by atoms with Gasteiger partial charge >= 0.3 is 0 Å². The molecule has 2 aliphatic rings. The number of Topliss-reactive ketones (excluding diaryl/α,β-unsaturated/α-hetero) is 1. The van der Waals surface area contributed by atoms with Gasteiger partial charge in [0.05, 0.1) is 18.2 Å². The predicted molar refractivity (Wildman–Crippen MR) is 124 cm³/mol. The highest BCUT2D eigenvalue weighted by Gasteiger charge is 2.48. The van der Waals surface area contributed by atoms with E-state index in [9.17, 15) is 14.7 Å². The monoisotopic (exact) mass is 433 g/mol. The minimum Gasteiger partial charge on any atom is -0.507 e. The second-order valence-corrected chi connectivity index (χ2v) is 9.14. The molecule has 1 saturated carbocycles. The molecule has 1 amide bonds. The molecule has 1 aliphatic heterocycles. The molecule has 168 valence electrons. The summed E-state index contributed by atoms with van der Waals surface area (Å²) in [5.74, 6) is -0.285. The van der Waals surface area contributed by atoms with Gasteiger partial charge < -0.3 is 14.7 Å². The summed E-state index contributed by atoms with van der Waals surface area (Å²) in [6.07, 6.45) is 5.01. The molecule has 1 heterocycles. The van der Waals surface area contributed by atoms with E-state index in [-0.39, 0.29) is 17.4 Å². The molecule has 2 aromatic carbocycles. The summed E-state index contributed by atoms with van der Waals surface area (Å²) in [7, 11) is 0. The van der Waals surface area contributed by atoms with E-state index in [1.807, 2.05) is 36.4 Å². The molecule has 5 heteroatoms. The van der Waals surface area contributed by atoms with Crippen LogP contribution in [0.25, 0.3) is 5.76 Å². The third-order valence-electron chi connectivity index (χ3n) is 6.25. The van der Waals surface area contributed by atoms with Crippen LogP contribution in [0.4, 0.5) is 0 Å². The van der Waals surface area contributed by atoms with E-state index < -0.39 is 17.7 Å². The first-order chi connectivity index (χ1) is 15.5. The summed E-state index contributed by atoms with van der Waals surface area (Å²) < 4.78 is 5.80. The first-order valence-corrected chi connectivity index (χ1v) is 11.6. The highest BCUT2D eigenvalue weighted by Crippen LogP contribution is 2.43. The van der Waals surface area contributed by atoms with Crippen molar-refractivity contribution in [1.82, 2.24) is 4.90 Å². The van der Waals surface area contributed by atoms with Crippen LogP contribution in [0.3, 0.4) is 0 Å². The minimum absolute atomic E-state index is 0.0106. The molecule has 5 nitrogen and oxygen atoms in total. The minimum atomic E-state index is -0.615. The smallest absolute Gasteiger partial charge is 0.295 e. The number of nitrogens with zero attached hydrogens (tertiary/aromatic N) is 1. The quantitative estimate of drug-likeness (QED) is 0.372. The first-order valence-electron chi connectivity index (χ1n) is 11.6. The topological polar surface area (TPSA) is 66.8 Å². The highest BCUT2D eigenvalue weighted by molar-refractivity contribution is 6.46. The van der Waals surface area contributed by atoms with Crippen molar-refractivity contribution in [2.45, 2.75) is 58.0 Å². The van der Waals surface area contributed by atoms with Crippen LogP contribution in [0.2, 0.25) is 0 Å². The third kappa shape index (κ3) is 4.43. The van der Waals surface area contributed by atoms with Crippen LogP contribution in [0.5, 0.6) is 5.75 Å². The molecule has 0 spiro atoms. The number of amides is 1. The number of rotatable bonds is 6. The zero-order chi connectivity index (χ0) is 22.7. The summed E-state index contributed by atoms with van der Waals surface area (Å²) in [5, 5.41) is 11.3. The Bertz CT molecular complexity index is 1010. The van der Waals surface area contributed by atoms with Crippen molar-refractivity contribution in [3.63, 3.8) is 0 Å². The van der Waals surface area contributed by atoms with Crippen molar-refractivity contribution in [3.05, 3.63) is 71.3 Å². The highest BCUT2D eigenvalue weighted by atomic mass is 16.5. The fourth-order valence-corrected chi connectivity index (χ4v) is 4.70. The Morgan fingerprint density at radius 1 is 1.03 bits per heavy atom. The Morgan fingerprint density at radius 2 is 1.75 bits per heavy atom. The van der Waals surface area contributed by atoms with Gasteiger partial charge in [0, 0.05) is 11.6 Å². The number of aliphatic hydroxyl groups excluding tert-OH is 1. The maximum atomic E-state index is 13.2. The molecule has 1 atom stereocenters. The van der Waals surface area contributed by atoms with Crippen LogP contribution < -0.4 is 4.74 Å². The zero-order valence-electron chi connectivity index (χ0n) is 18.8. The number of carbonyl (C=O) groups excluding carboxylic acids is 2. The van der Waals surface area contributed by atoms with Gasteiger partial charge in [-0.15, -0.1) is 0 Å². The van der Waals surface area contributed by atoms with Crippen molar-refractivity contribution in [3.8, 4) is 5.75 Å². The van der Waals surface area contributed by atoms with E-state index in [1.165, 1.54) is 0 Å². The van der Waals surface area contributed by atoms with Gasteiger partial charge in [-0.1, -0.05) is 75.6 Å². The Hall–Kier alpha value is -3.08. The summed E-state index contributed by atoms with van der Waals surface area (Å²) in [6, 6.07) is 16.1. The van der Waals surface area contributed by atoms with Crippen LogP contribution in [0, 0.1) is 5.92 Å². The molecule has 2 fully saturated rings. The summed E-state index contributed by atoms with van der Waals surface area (Å²) >= 11 is 0. The maximum Gasteiger partial charge on any atom is 0.295 e. The number of ether oxygens (including phenoxy) is 1. The van der Waals surface area contributed by atoms with Crippen molar-refractivity contribution in [2.24, 2.45) is 5.92 Å². The van der Waals surface area contributed by atoms with Crippen molar-refractivity contribution < 1.29 is 19.4 Å². The summed E-state index contributed by atoms with van der Waals surface area (Å²) in [4.78, 5) is 28.1. The standard InChI is InChI=1S/C27H31NO4/c1-18(2)17-32-22-15-9-12-20(16-22)25(29)23-24(19-10-5-3-6-11-19)28(27(31)26(23)30)21-13-7-4-8-14-21/h3,5-6,9-12,15-16,18,21,24,29H,4,7-8,13-14,17H2,1-2H3/b25-23-. The lowest BCUT2D eigenvalue weighted by atomic mass is 9.91. The maximum absolute atomic E-state index is 13.2. The number of hydrogen-bond acceptors (Lipinski definition) is 4. The van der Waals surface area contributed by atoms with E-state index >= 15 is 0 Å². The van der Waals surface area contributed by atoms with Crippen LogP contribution in [-0.2, 0) is 9.59 Å². The van der Waals surface area contributed by atoms with Crippen LogP contribution >= 0.6 is 0 Å². The molecule has 1 unspecified atom stereocenters. The molecular formula is C27H31NO4. The van der Waals surface area contributed by atoms with Gasteiger partial charge in [-0.05, 0) is 36.5 Å². The number of benzene rings is 2. The van der Waals surface area contributed by atoms with Gasteiger partial charge in [0.15, 0.2) is 0 Å². The predicted octanol–water partition coefficient (Wildman–Crippen LogP) is 5.48. The molecule has 0 bridgehead atoms. The van der Waals surface area contributed by atoms with Gasteiger partial charge in [-0.3, -0.25) is 9.59 Å². The van der Waals surface area contributed by atoms with E-state index in [0.717, 1.165) is 37.7 Å². The van der Waals surface area contributed by atoms with E-state index in [4.69, 9.17) is 4.74 Å². The van der Waals surface area contributed by atoms with E-state index in [0.29, 0.717) is 23.8 Å². The molecule has 4 rings (SSSR count). The number of carbonyl (C=O) groups is 2. The molecular weight excluding hydrogens is 402 g/mol. The number of aliphatic hydroxyl groups is 1. The van der Waals surface area contributed by atoms with E-state index in [2.05, 4.69) is 13.8 Å². The van der Waals surface area contributed by atoms with Gasteiger partial charge in [-0.25, -0.2) is 0 Å². The largest absolute Gasteiger partial charge is 0.507 e. The molecule has 1 N–H and O–H groups in total. The summed E-state index contributed by atoms with van der Waals surface area (Å²) in [6.45, 7) is 4.69. The molecule has 0 aromatic heterocycles. The van der Waals surface area contributed by atoms with Gasteiger partial charge in [-0.2, -0.15) is 0 Å². The molecule has 32 heavy (non-hydrogen) atoms. The molecule has 1 aliphatic carbocycles. The molecule has 2 aromatic rings. The average Bonchev–Trinajstić information content (AvgIpc) is 3.09. The van der Waals surface area contributed by atoms with Gasteiger partial charge in [0.1, 0.15) is 11.5 Å². The molecule has 1 saturated heterocycles. The van der Waals surface area contributed by atoms with Crippen molar-refractivity contribution >= 4 is 17.4 Å². The van der Waals surface area contributed by atoms with Gasteiger partial charge in [0.25, 0.3) is 11.7 Å². The SMILES string of the molecule is CC(C)COc1cccc(/C(O)=C2/C(=O)C(=O)N(C3CCCCC3)C2c2ccccc2)c1. The van der Waals surface area contributed by atoms with Crippen LogP contribution in [-0.4, -0.2) is 34.3 Å². The number of likely N-dealkylation sites (tertiary alicyclic amines) is 1. The Labute approximate surface area is 189 Å². The van der Waals surface area contributed by atoms with Crippen molar-refractivity contribution in [2.75, 3.05) is 6.61 Å². The number of ketones is 1. The second kappa shape index (κ2) is 9.60. The zero-order valence-corrected chi connectivity index (χ0v) is 18.8. The first kappa shape index (κ1) is 22.1. The van der Waals surface area contributed by atoms with Crippen LogP contribution in [0.15, 0.2) is 60.2 Å². The molecule has 0 radical (unpaired) electrons. The summed E-state index contributed by atoms with van der Waals surface area (Å²) in [5.41, 5.74) is 1.48. The number of hydrogen-bond donors (Lipinski definition) is 1. The lowest BCUT2D eigenvalue weighted by molar-refractivity contribution is -0.141. The Kier molecular flexibility index (Phi) is 6.63. The van der Waals surface area contributed by atoms with Crippen molar-refractivity contribution in [1.29, 1.82) is 0 Å². The lowest BCUT2D eigenvalue weighted by Gasteiger charge is -2.35. The second-order valence-electron chi connectivity index (χ2n) is 9.14. The van der Waals surface area contributed by atoms with Gasteiger partial charge in [0.2, 0.25) is 0 Å². The third-order valence-corrected chi connectivity index (χ3v) is 6.25. The normalized spacial score (nSPS) is 21.3. The Morgan fingerprint density at radius 3 is 2.44 bits per heavy atom. The van der Waals surface area contributed by atoms with Crippen LogP contribution in [0.1, 0.15) is 63.1 Å².